The number of aromatic nitrogens is 2. The smallest absolute Gasteiger partial charge is 0.215 e. The maximum atomic E-state index is 6.00. The Hall–Kier alpha value is -2.30. The van der Waals surface area contributed by atoms with Crippen molar-refractivity contribution in [3.63, 3.8) is 0 Å². The Labute approximate surface area is 113 Å². The normalized spacial score (nSPS) is 10.2. The highest BCUT2D eigenvalue weighted by Crippen LogP contribution is 2.24. The molecule has 0 saturated heterocycles. The molecule has 5 heteroatoms. The minimum atomic E-state index is 0.567. The lowest BCUT2D eigenvalue weighted by Gasteiger charge is -2.23. The number of anilines is 2. The van der Waals surface area contributed by atoms with E-state index in [1.165, 1.54) is 5.56 Å². The summed E-state index contributed by atoms with van der Waals surface area (Å²) in [6.07, 6.45) is 3.57. The molecular weight excluding hydrogens is 240 g/mol. The van der Waals surface area contributed by atoms with E-state index in [-0.39, 0.29) is 0 Å². The summed E-state index contributed by atoms with van der Waals surface area (Å²) in [6, 6.07) is 7.55. The summed E-state index contributed by atoms with van der Waals surface area (Å²) < 4.78 is 5.15. The summed E-state index contributed by atoms with van der Waals surface area (Å²) in [4.78, 5) is 10.5. The Kier molecular flexibility index (Phi) is 4.18. The minimum absolute atomic E-state index is 0.567. The third kappa shape index (κ3) is 3.13. The third-order valence-electron chi connectivity index (χ3n) is 2.89. The molecule has 0 fully saturated rings. The van der Waals surface area contributed by atoms with Gasteiger partial charge >= 0.3 is 0 Å². The van der Waals surface area contributed by atoms with Gasteiger partial charge in [-0.05, 0) is 30.7 Å². The average Bonchev–Trinajstić information content (AvgIpc) is 2.47. The summed E-state index contributed by atoms with van der Waals surface area (Å²) in [5.41, 5.74) is 7.82. The lowest BCUT2D eigenvalue weighted by molar-refractivity contribution is 0.398. The standard InChI is InChI=1S/C14H18N4O/c1-3-18(10-11-6-8-16-9-7-11)14-12(15)4-5-13(17-14)19-2/h4-9H,3,10,15H2,1-2H3. The number of ether oxygens (including phenoxy) is 1. The lowest BCUT2D eigenvalue weighted by atomic mass is 10.2. The van der Waals surface area contributed by atoms with Crippen molar-refractivity contribution in [1.82, 2.24) is 9.97 Å². The summed E-state index contributed by atoms with van der Waals surface area (Å²) in [7, 11) is 1.60. The molecule has 0 spiro atoms. The van der Waals surface area contributed by atoms with Gasteiger partial charge in [0.25, 0.3) is 0 Å². The molecule has 0 aromatic carbocycles. The van der Waals surface area contributed by atoms with Crippen molar-refractivity contribution in [3.8, 4) is 5.88 Å². The largest absolute Gasteiger partial charge is 0.481 e. The molecule has 0 aliphatic carbocycles. The van der Waals surface area contributed by atoms with E-state index in [1.807, 2.05) is 18.2 Å². The molecule has 2 rings (SSSR count). The molecule has 2 N–H and O–H groups in total. The SMILES string of the molecule is CCN(Cc1ccncc1)c1nc(OC)ccc1N. The van der Waals surface area contributed by atoms with Gasteiger partial charge in [0.2, 0.25) is 5.88 Å². The van der Waals surface area contributed by atoms with Gasteiger partial charge in [-0.15, -0.1) is 0 Å². The zero-order chi connectivity index (χ0) is 13.7. The number of hydrogen-bond acceptors (Lipinski definition) is 5. The summed E-state index contributed by atoms with van der Waals surface area (Å²) in [5.74, 6) is 1.32. The van der Waals surface area contributed by atoms with Crippen molar-refractivity contribution >= 4 is 11.5 Å². The molecule has 0 radical (unpaired) electrons. The average molecular weight is 258 g/mol. The van der Waals surface area contributed by atoms with Crippen LogP contribution in [0.5, 0.6) is 5.88 Å². The topological polar surface area (TPSA) is 64.3 Å². The van der Waals surface area contributed by atoms with Crippen molar-refractivity contribution in [2.75, 3.05) is 24.3 Å². The second-order valence-electron chi connectivity index (χ2n) is 4.14. The van der Waals surface area contributed by atoms with Crippen LogP contribution in [0.1, 0.15) is 12.5 Å². The number of nitrogens with zero attached hydrogens (tertiary/aromatic N) is 3. The van der Waals surface area contributed by atoms with E-state index in [1.54, 1.807) is 25.6 Å². The van der Waals surface area contributed by atoms with Crippen LogP contribution in [0.15, 0.2) is 36.7 Å². The Morgan fingerprint density at radius 1 is 1.21 bits per heavy atom. The second-order valence-corrected chi connectivity index (χ2v) is 4.14. The molecule has 5 nitrogen and oxygen atoms in total. The first kappa shape index (κ1) is 13.1. The van der Waals surface area contributed by atoms with Crippen LogP contribution in [-0.4, -0.2) is 23.6 Å². The molecule has 19 heavy (non-hydrogen) atoms. The highest BCUT2D eigenvalue weighted by Gasteiger charge is 2.11. The van der Waals surface area contributed by atoms with E-state index in [9.17, 15) is 0 Å². The molecule has 0 aliphatic rings. The van der Waals surface area contributed by atoms with Crippen LogP contribution in [0.25, 0.3) is 0 Å². The van der Waals surface area contributed by atoms with Gasteiger partial charge in [0, 0.05) is 31.5 Å². The van der Waals surface area contributed by atoms with Gasteiger partial charge in [-0.1, -0.05) is 0 Å². The first-order valence-electron chi connectivity index (χ1n) is 6.19. The summed E-state index contributed by atoms with van der Waals surface area (Å²) in [5, 5.41) is 0. The van der Waals surface area contributed by atoms with E-state index >= 15 is 0 Å². The van der Waals surface area contributed by atoms with Gasteiger partial charge < -0.3 is 15.4 Å². The van der Waals surface area contributed by atoms with Crippen molar-refractivity contribution in [2.45, 2.75) is 13.5 Å². The lowest BCUT2D eigenvalue weighted by Crippen LogP contribution is -2.24. The molecule has 2 aromatic rings. The molecule has 0 aliphatic heterocycles. The molecule has 0 bridgehead atoms. The molecule has 2 aromatic heterocycles. The van der Waals surface area contributed by atoms with Gasteiger partial charge in [-0.3, -0.25) is 4.98 Å². The Morgan fingerprint density at radius 2 is 1.95 bits per heavy atom. The van der Waals surface area contributed by atoms with E-state index in [2.05, 4.69) is 21.8 Å². The Morgan fingerprint density at radius 3 is 2.58 bits per heavy atom. The van der Waals surface area contributed by atoms with Crippen LogP contribution >= 0.6 is 0 Å². The molecule has 0 saturated carbocycles. The molecule has 100 valence electrons. The van der Waals surface area contributed by atoms with Crippen LogP contribution in [0, 0.1) is 0 Å². The predicted octanol–water partition coefficient (Wildman–Crippen LogP) is 2.09. The number of nitrogen functional groups attached to an aromatic ring is 1. The zero-order valence-electron chi connectivity index (χ0n) is 11.2. The second kappa shape index (κ2) is 6.04. The molecule has 0 atom stereocenters. The van der Waals surface area contributed by atoms with Crippen molar-refractivity contribution < 1.29 is 4.74 Å². The van der Waals surface area contributed by atoms with E-state index < -0.39 is 0 Å². The first-order valence-corrected chi connectivity index (χ1v) is 6.19. The quantitative estimate of drug-likeness (QED) is 0.889. The van der Waals surface area contributed by atoms with Crippen LogP contribution in [0.2, 0.25) is 0 Å². The van der Waals surface area contributed by atoms with Crippen LogP contribution in [0.3, 0.4) is 0 Å². The maximum Gasteiger partial charge on any atom is 0.215 e. The van der Waals surface area contributed by atoms with Crippen LogP contribution in [0.4, 0.5) is 11.5 Å². The van der Waals surface area contributed by atoms with E-state index in [0.29, 0.717) is 11.6 Å². The number of pyridine rings is 2. The van der Waals surface area contributed by atoms with E-state index in [4.69, 9.17) is 10.5 Å². The zero-order valence-corrected chi connectivity index (χ0v) is 11.2. The van der Waals surface area contributed by atoms with Gasteiger partial charge in [0.15, 0.2) is 5.82 Å². The molecule has 0 unspecified atom stereocenters. The predicted molar refractivity (Wildman–Crippen MR) is 76.2 cm³/mol. The maximum absolute atomic E-state index is 6.00. The van der Waals surface area contributed by atoms with Crippen LogP contribution < -0.4 is 15.4 Å². The van der Waals surface area contributed by atoms with Gasteiger partial charge in [0.1, 0.15) is 0 Å². The summed E-state index contributed by atoms with van der Waals surface area (Å²) >= 11 is 0. The van der Waals surface area contributed by atoms with Crippen LogP contribution in [-0.2, 0) is 6.54 Å². The summed E-state index contributed by atoms with van der Waals surface area (Å²) in [6.45, 7) is 3.62. The Bertz CT molecular complexity index is 530. The van der Waals surface area contributed by atoms with Gasteiger partial charge in [0.05, 0.1) is 12.8 Å². The first-order chi connectivity index (χ1) is 9.24. The third-order valence-corrected chi connectivity index (χ3v) is 2.89. The fourth-order valence-corrected chi connectivity index (χ4v) is 1.85. The number of hydrogen-bond donors (Lipinski definition) is 1. The number of rotatable bonds is 5. The van der Waals surface area contributed by atoms with Gasteiger partial charge in [-0.2, -0.15) is 4.98 Å². The highest BCUT2D eigenvalue weighted by atomic mass is 16.5. The van der Waals surface area contributed by atoms with Crippen molar-refractivity contribution in [3.05, 3.63) is 42.2 Å². The number of methoxy groups -OCH3 is 1. The van der Waals surface area contributed by atoms with Crippen molar-refractivity contribution in [2.24, 2.45) is 0 Å². The highest BCUT2D eigenvalue weighted by molar-refractivity contribution is 5.63. The Balaban J connectivity index is 2.26. The fraction of sp³-hybridized carbons (Fsp3) is 0.286. The fourth-order valence-electron chi connectivity index (χ4n) is 1.85. The van der Waals surface area contributed by atoms with Crippen molar-refractivity contribution in [1.29, 1.82) is 0 Å². The van der Waals surface area contributed by atoms with E-state index in [0.717, 1.165) is 18.9 Å². The molecule has 0 amide bonds. The number of nitrogens with two attached hydrogens (primary N) is 1. The molecule has 2 heterocycles. The van der Waals surface area contributed by atoms with Gasteiger partial charge in [-0.25, -0.2) is 0 Å². The monoisotopic (exact) mass is 258 g/mol. The minimum Gasteiger partial charge on any atom is -0.481 e. The molecular formula is C14H18N4O.